The monoisotopic (exact) mass is 617 g/mol. The summed E-state index contributed by atoms with van der Waals surface area (Å²) in [5.74, 6) is -1.60. The number of hydrogen-bond donors (Lipinski definition) is 6. The van der Waals surface area contributed by atoms with Crippen molar-refractivity contribution in [1.29, 1.82) is 0 Å². The molecule has 2 fully saturated rings. The Morgan fingerprint density at radius 1 is 0.955 bits per heavy atom. The number of nitrogens with one attached hydrogen (secondary N) is 6. The van der Waals surface area contributed by atoms with Crippen LogP contribution in [0.3, 0.4) is 0 Å². The van der Waals surface area contributed by atoms with Crippen molar-refractivity contribution >= 4 is 35.4 Å². The van der Waals surface area contributed by atoms with Crippen LogP contribution in [0.1, 0.15) is 105 Å². The van der Waals surface area contributed by atoms with E-state index in [2.05, 4.69) is 36.9 Å². The lowest BCUT2D eigenvalue weighted by Crippen LogP contribution is -2.58. The molecule has 1 aliphatic carbocycles. The first-order valence-electron chi connectivity index (χ1n) is 16.8. The van der Waals surface area contributed by atoms with Gasteiger partial charge in [0, 0.05) is 44.4 Å². The van der Waals surface area contributed by atoms with Crippen LogP contribution in [0.25, 0.3) is 0 Å². The average Bonchev–Trinajstić information content (AvgIpc) is 3.01. The number of amides is 4. The van der Waals surface area contributed by atoms with Gasteiger partial charge >= 0.3 is 0 Å². The molecule has 248 valence electrons. The van der Waals surface area contributed by atoms with Crippen LogP contribution < -0.4 is 31.9 Å². The van der Waals surface area contributed by atoms with E-state index in [0.29, 0.717) is 38.1 Å². The van der Waals surface area contributed by atoms with Gasteiger partial charge in [0.15, 0.2) is 11.7 Å². The highest BCUT2D eigenvalue weighted by molar-refractivity contribution is 5.97. The van der Waals surface area contributed by atoms with Crippen molar-refractivity contribution in [2.45, 2.75) is 122 Å². The molecule has 0 unspecified atom stereocenters. The summed E-state index contributed by atoms with van der Waals surface area (Å²) in [5, 5.41) is 18.1. The molecular weight excluding hydrogens is 562 g/mol. The molecule has 3 aliphatic rings. The summed E-state index contributed by atoms with van der Waals surface area (Å²) in [6.07, 6.45) is 8.35. The Kier molecular flexibility index (Phi) is 13.9. The summed E-state index contributed by atoms with van der Waals surface area (Å²) in [6.45, 7) is 9.32. The maximum atomic E-state index is 13.9. The zero-order chi connectivity index (χ0) is 32.1. The molecule has 4 atom stereocenters. The number of Topliss-reactive ketones (excluding diaryl/α,β-unsaturated/α-hetero) is 1. The summed E-state index contributed by atoms with van der Waals surface area (Å²) in [6, 6.07) is -1.58. The van der Waals surface area contributed by atoms with E-state index in [1.165, 1.54) is 6.42 Å². The molecule has 3 rings (SSSR count). The SMILES string of the molecule is CC[C@@H]1NC(=O)[C@H](CCCNC2=NCCCN2)CC(=O)[C@](C)(NC(=O)C(C)C)CCNC(=O)[C@@H](CC2CCCCC2)NC1=O. The minimum atomic E-state index is -1.28. The van der Waals surface area contributed by atoms with Crippen LogP contribution in [0, 0.1) is 17.8 Å². The van der Waals surface area contributed by atoms with Crippen molar-refractivity contribution < 1.29 is 24.0 Å². The first-order valence-corrected chi connectivity index (χ1v) is 16.8. The van der Waals surface area contributed by atoms with Gasteiger partial charge in [0.2, 0.25) is 23.6 Å². The summed E-state index contributed by atoms with van der Waals surface area (Å²) < 4.78 is 0. The van der Waals surface area contributed by atoms with Crippen molar-refractivity contribution in [3.8, 4) is 0 Å². The highest BCUT2D eigenvalue weighted by Gasteiger charge is 2.39. The number of aliphatic imine (C=N–C) groups is 1. The highest BCUT2D eigenvalue weighted by Crippen LogP contribution is 2.28. The Hall–Kier alpha value is -3.18. The van der Waals surface area contributed by atoms with Crippen LogP contribution in [0.4, 0.5) is 0 Å². The topological polar surface area (TPSA) is 170 Å². The smallest absolute Gasteiger partial charge is 0.243 e. The molecule has 44 heavy (non-hydrogen) atoms. The molecule has 2 heterocycles. The van der Waals surface area contributed by atoms with E-state index in [0.717, 1.165) is 51.2 Å². The normalized spacial score (nSPS) is 28.1. The number of nitrogens with zero attached hydrogens (tertiary/aromatic N) is 1. The fourth-order valence-corrected chi connectivity index (χ4v) is 6.13. The molecule has 2 aliphatic heterocycles. The standard InChI is InChI=1S/C32H55N7O5/c1-5-24-30(44)38-25(19-22-11-7-6-8-12-22)29(43)33-18-14-32(4,39-27(41)21(2)3)26(40)20-23(28(42)37-24)13-9-15-34-31-35-16-10-17-36-31/h21-25H,5-20H2,1-4H3,(H,33,43)(H,37,42)(H,38,44)(H,39,41)(H2,34,35,36)/t23-,24+,25-,32-/m1/s1. The maximum absolute atomic E-state index is 13.9. The lowest BCUT2D eigenvalue weighted by molar-refractivity contribution is -0.137. The highest BCUT2D eigenvalue weighted by atomic mass is 16.2. The van der Waals surface area contributed by atoms with Crippen molar-refractivity contribution in [2.24, 2.45) is 22.7 Å². The molecule has 0 aromatic rings. The second-order valence-electron chi connectivity index (χ2n) is 13.2. The molecule has 0 radical (unpaired) electrons. The van der Waals surface area contributed by atoms with Crippen LogP contribution >= 0.6 is 0 Å². The van der Waals surface area contributed by atoms with Gasteiger partial charge in [-0.25, -0.2) is 0 Å². The fourth-order valence-electron chi connectivity index (χ4n) is 6.13. The molecule has 6 N–H and O–H groups in total. The molecule has 0 aromatic carbocycles. The Balaban J connectivity index is 1.82. The maximum Gasteiger partial charge on any atom is 0.243 e. The Bertz CT molecular complexity index is 1040. The minimum Gasteiger partial charge on any atom is -0.356 e. The summed E-state index contributed by atoms with van der Waals surface area (Å²) in [4.78, 5) is 71.6. The van der Waals surface area contributed by atoms with Crippen molar-refractivity contribution in [3.63, 3.8) is 0 Å². The van der Waals surface area contributed by atoms with Crippen molar-refractivity contribution in [2.75, 3.05) is 26.2 Å². The van der Waals surface area contributed by atoms with E-state index in [1.54, 1.807) is 20.8 Å². The minimum absolute atomic E-state index is 0.101. The molecule has 4 amide bonds. The first-order chi connectivity index (χ1) is 21.0. The third-order valence-corrected chi connectivity index (χ3v) is 9.15. The van der Waals surface area contributed by atoms with Gasteiger partial charge in [-0.15, -0.1) is 0 Å². The van der Waals surface area contributed by atoms with Gasteiger partial charge in [0.25, 0.3) is 0 Å². The van der Waals surface area contributed by atoms with E-state index in [9.17, 15) is 24.0 Å². The second-order valence-corrected chi connectivity index (χ2v) is 13.2. The Morgan fingerprint density at radius 2 is 1.68 bits per heavy atom. The number of guanidine groups is 1. The molecule has 12 nitrogen and oxygen atoms in total. The van der Waals surface area contributed by atoms with Crippen LogP contribution in [0.5, 0.6) is 0 Å². The number of carbonyl (C=O) groups is 5. The number of hydrogen-bond acceptors (Lipinski definition) is 8. The Morgan fingerprint density at radius 3 is 2.34 bits per heavy atom. The molecule has 0 bridgehead atoms. The molecular formula is C32H55N7O5. The van der Waals surface area contributed by atoms with E-state index in [-0.39, 0.29) is 48.8 Å². The van der Waals surface area contributed by atoms with Gasteiger partial charge in [-0.3, -0.25) is 29.0 Å². The predicted octanol–water partition coefficient (Wildman–Crippen LogP) is 1.68. The van der Waals surface area contributed by atoms with Crippen LogP contribution in [0.15, 0.2) is 4.99 Å². The Labute approximate surface area is 262 Å². The van der Waals surface area contributed by atoms with Gasteiger partial charge in [0.05, 0.1) is 5.54 Å². The lowest BCUT2D eigenvalue weighted by Gasteiger charge is -2.33. The van der Waals surface area contributed by atoms with E-state index in [4.69, 9.17) is 0 Å². The van der Waals surface area contributed by atoms with Gasteiger partial charge in [-0.1, -0.05) is 52.9 Å². The average molecular weight is 618 g/mol. The first kappa shape index (κ1) is 35.3. The van der Waals surface area contributed by atoms with Crippen LogP contribution in [-0.4, -0.2) is 79.2 Å². The zero-order valence-corrected chi connectivity index (χ0v) is 27.2. The third-order valence-electron chi connectivity index (χ3n) is 9.15. The number of carbonyl (C=O) groups excluding carboxylic acids is 5. The predicted molar refractivity (Wildman–Crippen MR) is 170 cm³/mol. The van der Waals surface area contributed by atoms with E-state index >= 15 is 0 Å². The van der Waals surface area contributed by atoms with Crippen molar-refractivity contribution in [3.05, 3.63) is 0 Å². The molecule has 0 aromatic heterocycles. The second kappa shape index (κ2) is 17.3. The molecule has 12 heteroatoms. The third kappa shape index (κ3) is 10.8. The molecule has 0 spiro atoms. The van der Waals surface area contributed by atoms with Gasteiger partial charge in [-0.2, -0.15) is 0 Å². The summed E-state index contributed by atoms with van der Waals surface area (Å²) in [7, 11) is 0. The van der Waals surface area contributed by atoms with E-state index < -0.39 is 29.4 Å². The molecule has 1 saturated carbocycles. The van der Waals surface area contributed by atoms with E-state index in [1.807, 2.05) is 6.92 Å². The zero-order valence-electron chi connectivity index (χ0n) is 27.2. The fraction of sp³-hybridized carbons (Fsp3) is 0.812. The summed E-state index contributed by atoms with van der Waals surface area (Å²) >= 11 is 0. The number of ketones is 1. The quantitative estimate of drug-likeness (QED) is 0.214. The van der Waals surface area contributed by atoms with Crippen molar-refractivity contribution in [1.82, 2.24) is 31.9 Å². The van der Waals surface area contributed by atoms with Gasteiger partial charge in [-0.05, 0) is 51.4 Å². The van der Waals surface area contributed by atoms with Crippen LogP contribution in [0.2, 0.25) is 0 Å². The largest absolute Gasteiger partial charge is 0.356 e. The lowest BCUT2D eigenvalue weighted by atomic mass is 9.83. The number of rotatable bonds is 9. The summed E-state index contributed by atoms with van der Waals surface area (Å²) in [5.41, 5.74) is -1.28. The van der Waals surface area contributed by atoms with Gasteiger partial charge in [0.1, 0.15) is 12.1 Å². The van der Waals surface area contributed by atoms with Crippen LogP contribution in [-0.2, 0) is 24.0 Å². The van der Waals surface area contributed by atoms with Gasteiger partial charge < -0.3 is 31.9 Å². The molecule has 1 saturated heterocycles.